The molecule has 0 N–H and O–H groups in total. The van der Waals surface area contributed by atoms with E-state index in [-0.39, 0.29) is 11.9 Å². The molecule has 1 atom stereocenters. The summed E-state index contributed by atoms with van der Waals surface area (Å²) in [4.78, 5) is 4.91. The molecular formula is C21H25FN6. The fraction of sp³-hybridized carbons (Fsp3) is 0.381. The Morgan fingerprint density at radius 1 is 0.964 bits per heavy atom. The van der Waals surface area contributed by atoms with E-state index >= 15 is 0 Å². The summed E-state index contributed by atoms with van der Waals surface area (Å²) in [5.74, 6) is 0.581. The number of benzene rings is 2. The van der Waals surface area contributed by atoms with Crippen molar-refractivity contribution in [1.29, 1.82) is 0 Å². The van der Waals surface area contributed by atoms with Crippen molar-refractivity contribution >= 4 is 0 Å². The molecule has 6 nitrogen and oxygen atoms in total. The Balaban J connectivity index is 1.64. The zero-order valence-corrected chi connectivity index (χ0v) is 16.1. The van der Waals surface area contributed by atoms with Crippen molar-refractivity contribution in [3.63, 3.8) is 0 Å². The van der Waals surface area contributed by atoms with Crippen molar-refractivity contribution in [2.45, 2.75) is 19.5 Å². The van der Waals surface area contributed by atoms with Crippen molar-refractivity contribution in [2.24, 2.45) is 0 Å². The number of likely N-dealkylation sites (N-methyl/N-ethyl adjacent to an activating group) is 1. The summed E-state index contributed by atoms with van der Waals surface area (Å²) < 4.78 is 15.1. The maximum absolute atomic E-state index is 13.2. The number of halogens is 1. The van der Waals surface area contributed by atoms with E-state index in [0.29, 0.717) is 6.54 Å². The maximum atomic E-state index is 13.2. The van der Waals surface area contributed by atoms with Gasteiger partial charge in [0.1, 0.15) is 5.82 Å². The molecule has 3 aromatic rings. The van der Waals surface area contributed by atoms with Crippen LogP contribution in [0.5, 0.6) is 0 Å². The molecule has 0 unspecified atom stereocenters. The van der Waals surface area contributed by atoms with E-state index in [1.807, 2.05) is 10.7 Å². The summed E-state index contributed by atoms with van der Waals surface area (Å²) in [6.45, 7) is 7.81. The Kier molecular flexibility index (Phi) is 5.73. The SMILES string of the molecule is CCN1CCN([C@H](c2ccccc2)c2nnnn2Cc2ccc(F)cc2)CC1. The second kappa shape index (κ2) is 8.58. The molecule has 1 fully saturated rings. The van der Waals surface area contributed by atoms with Crippen molar-refractivity contribution in [3.05, 3.63) is 77.4 Å². The van der Waals surface area contributed by atoms with Gasteiger partial charge in [-0.05, 0) is 40.2 Å². The molecule has 1 saturated heterocycles. The predicted octanol–water partition coefficient (Wildman–Crippen LogP) is 2.59. The molecule has 146 valence electrons. The molecule has 1 aliphatic rings. The quantitative estimate of drug-likeness (QED) is 0.658. The molecule has 2 heterocycles. The van der Waals surface area contributed by atoms with Crippen LogP contribution in [0.25, 0.3) is 0 Å². The second-order valence-corrected chi connectivity index (χ2v) is 7.10. The zero-order chi connectivity index (χ0) is 19.3. The molecule has 0 saturated carbocycles. The first-order valence-corrected chi connectivity index (χ1v) is 9.76. The molecular weight excluding hydrogens is 355 g/mol. The molecule has 0 radical (unpaired) electrons. The van der Waals surface area contributed by atoms with Crippen LogP contribution in [-0.2, 0) is 6.54 Å². The van der Waals surface area contributed by atoms with Gasteiger partial charge in [-0.2, -0.15) is 0 Å². The minimum Gasteiger partial charge on any atom is -0.301 e. The summed E-state index contributed by atoms with van der Waals surface area (Å²) in [6, 6.07) is 16.9. The van der Waals surface area contributed by atoms with Crippen molar-refractivity contribution in [2.75, 3.05) is 32.7 Å². The van der Waals surface area contributed by atoms with Gasteiger partial charge in [0.25, 0.3) is 0 Å². The van der Waals surface area contributed by atoms with Gasteiger partial charge in [0.05, 0.1) is 12.6 Å². The molecule has 28 heavy (non-hydrogen) atoms. The number of hydrogen-bond acceptors (Lipinski definition) is 5. The molecule has 0 aliphatic carbocycles. The molecule has 0 spiro atoms. The third-order valence-corrected chi connectivity index (χ3v) is 5.38. The number of piperazine rings is 1. The van der Waals surface area contributed by atoms with E-state index in [4.69, 9.17) is 0 Å². The standard InChI is InChI=1S/C21H25FN6/c1-2-26-12-14-27(15-13-26)20(18-6-4-3-5-7-18)21-23-24-25-28(21)16-17-8-10-19(22)11-9-17/h3-11,20H,2,12-16H2,1H3/t20-/m1/s1. The van der Waals surface area contributed by atoms with E-state index in [1.165, 1.54) is 17.7 Å². The van der Waals surface area contributed by atoms with Crippen LogP contribution in [-0.4, -0.2) is 62.7 Å². The lowest BCUT2D eigenvalue weighted by atomic mass is 10.0. The topological polar surface area (TPSA) is 50.1 Å². The van der Waals surface area contributed by atoms with Gasteiger partial charge in [0, 0.05) is 26.2 Å². The van der Waals surface area contributed by atoms with Crippen molar-refractivity contribution in [1.82, 2.24) is 30.0 Å². The normalized spacial score (nSPS) is 16.9. The van der Waals surface area contributed by atoms with Gasteiger partial charge in [-0.25, -0.2) is 9.07 Å². The van der Waals surface area contributed by atoms with Crippen molar-refractivity contribution < 1.29 is 4.39 Å². The molecule has 2 aromatic carbocycles. The van der Waals surface area contributed by atoms with Crippen LogP contribution in [0.15, 0.2) is 54.6 Å². The van der Waals surface area contributed by atoms with Gasteiger partial charge in [0.2, 0.25) is 0 Å². The fourth-order valence-electron chi connectivity index (χ4n) is 3.78. The highest BCUT2D eigenvalue weighted by atomic mass is 19.1. The van der Waals surface area contributed by atoms with E-state index in [1.54, 1.807) is 12.1 Å². The van der Waals surface area contributed by atoms with Crippen molar-refractivity contribution in [3.8, 4) is 0 Å². The molecule has 7 heteroatoms. The minimum atomic E-state index is -0.239. The van der Waals surface area contributed by atoms with Gasteiger partial charge in [-0.15, -0.1) is 5.10 Å². The first-order valence-electron chi connectivity index (χ1n) is 9.76. The summed E-state index contributed by atoms with van der Waals surface area (Å²) in [7, 11) is 0. The smallest absolute Gasteiger partial charge is 0.173 e. The highest BCUT2D eigenvalue weighted by Gasteiger charge is 2.30. The van der Waals surface area contributed by atoms with Gasteiger partial charge in [-0.1, -0.05) is 49.4 Å². The Morgan fingerprint density at radius 3 is 2.36 bits per heavy atom. The number of nitrogens with zero attached hydrogens (tertiary/aromatic N) is 6. The summed E-state index contributed by atoms with van der Waals surface area (Å²) in [5.41, 5.74) is 2.15. The van der Waals surface area contributed by atoms with Crippen LogP contribution in [0.3, 0.4) is 0 Å². The molecule has 1 aliphatic heterocycles. The van der Waals surface area contributed by atoms with Crippen LogP contribution in [0.2, 0.25) is 0 Å². The number of tetrazole rings is 1. The monoisotopic (exact) mass is 380 g/mol. The molecule has 1 aromatic heterocycles. The lowest BCUT2D eigenvalue weighted by molar-refractivity contribution is 0.108. The fourth-order valence-corrected chi connectivity index (χ4v) is 3.78. The van der Waals surface area contributed by atoms with Crippen LogP contribution < -0.4 is 0 Å². The van der Waals surface area contributed by atoms with Gasteiger partial charge in [0.15, 0.2) is 5.82 Å². The van der Waals surface area contributed by atoms with Gasteiger partial charge in [-0.3, -0.25) is 4.90 Å². The minimum absolute atomic E-state index is 0.00402. The summed E-state index contributed by atoms with van der Waals surface area (Å²) in [5, 5.41) is 12.6. The Hall–Kier alpha value is -2.64. The summed E-state index contributed by atoms with van der Waals surface area (Å²) in [6.07, 6.45) is 0. The largest absolute Gasteiger partial charge is 0.301 e. The molecule has 4 rings (SSSR count). The Labute approximate surface area is 164 Å². The third kappa shape index (κ3) is 4.10. The number of hydrogen-bond donors (Lipinski definition) is 0. The Bertz CT molecular complexity index is 871. The molecule has 0 amide bonds. The first kappa shape index (κ1) is 18.7. The van der Waals surface area contributed by atoms with Crippen LogP contribution in [0.4, 0.5) is 4.39 Å². The molecule has 0 bridgehead atoms. The maximum Gasteiger partial charge on any atom is 0.173 e. The average molecular weight is 380 g/mol. The Morgan fingerprint density at radius 2 is 1.68 bits per heavy atom. The lowest BCUT2D eigenvalue weighted by Crippen LogP contribution is -2.48. The van der Waals surface area contributed by atoms with Gasteiger partial charge < -0.3 is 4.90 Å². The van der Waals surface area contributed by atoms with E-state index < -0.39 is 0 Å². The number of rotatable bonds is 6. The zero-order valence-electron chi connectivity index (χ0n) is 16.1. The highest BCUT2D eigenvalue weighted by molar-refractivity contribution is 5.25. The van der Waals surface area contributed by atoms with Crippen LogP contribution in [0.1, 0.15) is 29.9 Å². The summed E-state index contributed by atoms with van der Waals surface area (Å²) >= 11 is 0. The second-order valence-electron chi connectivity index (χ2n) is 7.10. The van der Waals surface area contributed by atoms with Gasteiger partial charge >= 0.3 is 0 Å². The third-order valence-electron chi connectivity index (χ3n) is 5.38. The van der Waals surface area contributed by atoms with E-state index in [2.05, 4.69) is 56.5 Å². The lowest BCUT2D eigenvalue weighted by Gasteiger charge is -2.38. The number of aromatic nitrogens is 4. The van der Waals surface area contributed by atoms with E-state index in [0.717, 1.165) is 44.1 Å². The average Bonchev–Trinajstić information content (AvgIpc) is 3.19. The highest BCUT2D eigenvalue weighted by Crippen LogP contribution is 2.28. The first-order chi connectivity index (χ1) is 13.7. The van der Waals surface area contributed by atoms with Crippen LogP contribution in [0, 0.1) is 5.82 Å². The predicted molar refractivity (Wildman–Crippen MR) is 105 cm³/mol. The van der Waals surface area contributed by atoms with Crippen LogP contribution >= 0.6 is 0 Å². The van der Waals surface area contributed by atoms with E-state index in [9.17, 15) is 4.39 Å².